The molecular weight excluding hydrogens is 377 g/mol. The summed E-state index contributed by atoms with van der Waals surface area (Å²) in [6, 6.07) is 24.0. The molecule has 0 saturated heterocycles. The number of hydrogen-bond donors (Lipinski definition) is 2. The highest BCUT2D eigenvalue weighted by atomic mass is 32.1. The molecule has 29 heavy (non-hydrogen) atoms. The van der Waals surface area contributed by atoms with Crippen LogP contribution < -0.4 is 10.4 Å². The van der Waals surface area contributed by atoms with E-state index in [1.54, 1.807) is 35.6 Å². The molecule has 0 saturated carbocycles. The minimum Gasteiger partial charge on any atom is -0.423 e. The summed E-state index contributed by atoms with van der Waals surface area (Å²) in [6.45, 7) is 0. The fourth-order valence-corrected chi connectivity index (χ4v) is 4.57. The zero-order valence-electron chi connectivity index (χ0n) is 18.3. The Bertz CT molecular complexity index is 1430. The highest BCUT2D eigenvalue weighted by Gasteiger charge is 2.16. The van der Waals surface area contributed by atoms with Gasteiger partial charge in [-0.3, -0.25) is 0 Å². The van der Waals surface area contributed by atoms with Crippen LogP contribution in [0.3, 0.4) is 0 Å². The average molecular weight is 398 g/mol. The summed E-state index contributed by atoms with van der Waals surface area (Å²) in [6.07, 6.45) is 0. The maximum Gasteiger partial charge on any atom is 0.488 e. The summed E-state index contributed by atoms with van der Waals surface area (Å²) in [5.74, 6) is 0. The zero-order chi connectivity index (χ0) is 22.4. The molecule has 3 nitrogen and oxygen atoms in total. The molecule has 0 bridgehead atoms. The third-order valence-corrected chi connectivity index (χ3v) is 6.03. The molecule has 5 heteroatoms. The van der Waals surface area contributed by atoms with Gasteiger partial charge in [0, 0.05) is 37.2 Å². The first-order chi connectivity index (χ1) is 15.4. The lowest BCUT2D eigenvalue weighted by molar-refractivity contribution is 0.426. The van der Waals surface area contributed by atoms with Gasteiger partial charge in [0.25, 0.3) is 0 Å². The van der Waals surface area contributed by atoms with Crippen molar-refractivity contribution in [2.24, 2.45) is 0 Å². The second-order valence-electron chi connectivity index (χ2n) is 6.67. The summed E-state index contributed by atoms with van der Waals surface area (Å²) in [4.78, 5) is 1.81. The normalized spacial score (nSPS) is 12.6. The van der Waals surface area contributed by atoms with Crippen molar-refractivity contribution >= 4 is 61.2 Å². The molecule has 5 rings (SSSR count). The van der Waals surface area contributed by atoms with Gasteiger partial charge >= 0.3 is 7.12 Å². The van der Waals surface area contributed by atoms with E-state index in [0.717, 1.165) is 21.2 Å². The summed E-state index contributed by atoms with van der Waals surface area (Å²) >= 11 is 1.71. The Morgan fingerprint density at radius 1 is 0.724 bits per heavy atom. The number of nitrogens with zero attached hydrogens (tertiary/aromatic N) is 1. The lowest BCUT2D eigenvalue weighted by Gasteiger charge is -2.25. The quantitative estimate of drug-likeness (QED) is 0.409. The van der Waals surface area contributed by atoms with Crippen molar-refractivity contribution < 1.29 is 14.2 Å². The van der Waals surface area contributed by atoms with E-state index in [9.17, 15) is 10.0 Å². The van der Waals surface area contributed by atoms with E-state index in [4.69, 9.17) is 4.11 Å². The largest absolute Gasteiger partial charge is 0.488 e. The molecule has 0 atom stereocenters. The van der Waals surface area contributed by atoms with Gasteiger partial charge < -0.3 is 14.9 Å². The molecule has 1 heterocycles. The number of para-hydroxylation sites is 1. The van der Waals surface area contributed by atoms with Crippen molar-refractivity contribution in [3.8, 4) is 0 Å². The average Bonchev–Trinajstić information content (AvgIpc) is 3.14. The summed E-state index contributed by atoms with van der Waals surface area (Å²) in [7, 11) is -1.58. The van der Waals surface area contributed by atoms with Gasteiger partial charge in [0.2, 0.25) is 0 Å². The Labute approximate surface area is 177 Å². The van der Waals surface area contributed by atoms with Gasteiger partial charge in [0.15, 0.2) is 0 Å². The smallest absolute Gasteiger partial charge is 0.423 e. The lowest BCUT2D eigenvalue weighted by atomic mass is 9.80. The molecule has 5 aromatic rings. The van der Waals surface area contributed by atoms with Crippen LogP contribution in [0.15, 0.2) is 97.0 Å². The number of hydrogen-bond acceptors (Lipinski definition) is 4. The first-order valence-electron chi connectivity index (χ1n) is 10.7. The molecule has 0 spiro atoms. The Kier molecular flexibility index (Phi) is 3.77. The number of benzene rings is 4. The molecule has 4 aromatic carbocycles. The van der Waals surface area contributed by atoms with Crippen molar-refractivity contribution in [3.05, 3.63) is 97.0 Å². The first-order valence-corrected chi connectivity index (χ1v) is 9.99. The van der Waals surface area contributed by atoms with E-state index in [0.29, 0.717) is 16.8 Å². The van der Waals surface area contributed by atoms with E-state index in [1.165, 1.54) is 16.8 Å². The Balaban J connectivity index is 1.75. The minimum absolute atomic E-state index is 0.0732. The number of fused-ring (bicyclic) bond motifs is 3. The van der Waals surface area contributed by atoms with Gasteiger partial charge in [0.1, 0.15) is 0 Å². The third-order valence-electron chi connectivity index (χ3n) is 4.88. The highest BCUT2D eigenvalue weighted by Crippen LogP contribution is 2.40. The van der Waals surface area contributed by atoms with Crippen LogP contribution in [-0.2, 0) is 0 Å². The molecule has 0 aliphatic heterocycles. The van der Waals surface area contributed by atoms with Gasteiger partial charge in [-0.05, 0) is 53.9 Å². The number of rotatable bonds is 4. The Morgan fingerprint density at radius 2 is 1.41 bits per heavy atom. The van der Waals surface area contributed by atoms with Gasteiger partial charge in [0.05, 0.1) is 4.11 Å². The maximum absolute atomic E-state index is 9.46. The molecule has 0 aliphatic carbocycles. The van der Waals surface area contributed by atoms with Crippen LogP contribution >= 0.6 is 11.3 Å². The van der Waals surface area contributed by atoms with Gasteiger partial charge in [-0.25, -0.2) is 0 Å². The van der Waals surface area contributed by atoms with Crippen LogP contribution in [0.4, 0.5) is 17.1 Å². The van der Waals surface area contributed by atoms with Crippen molar-refractivity contribution in [2.75, 3.05) is 4.90 Å². The minimum atomic E-state index is -1.58. The summed E-state index contributed by atoms with van der Waals surface area (Å²) in [5, 5.41) is 21.2. The third kappa shape index (κ3) is 3.30. The monoisotopic (exact) mass is 398 g/mol. The fraction of sp³-hybridized carbons (Fsp3) is 0. The molecule has 0 aliphatic rings. The number of anilines is 3. The van der Waals surface area contributed by atoms with Gasteiger partial charge in [-0.1, -0.05) is 48.5 Å². The molecule has 0 unspecified atom stereocenters. The fourth-order valence-electron chi connectivity index (χ4n) is 3.49. The van der Waals surface area contributed by atoms with Gasteiger partial charge in [-0.2, -0.15) is 0 Å². The highest BCUT2D eigenvalue weighted by molar-refractivity contribution is 7.25. The van der Waals surface area contributed by atoms with E-state index >= 15 is 0 Å². The Morgan fingerprint density at radius 3 is 2.17 bits per heavy atom. The van der Waals surface area contributed by atoms with Crippen LogP contribution in [-0.4, -0.2) is 17.2 Å². The standard InChI is InChI=1S/C24H18BNO2S/c27-25(28)17-10-12-19(13-11-17)26(18-6-2-1-3-7-18)20-14-15-24-22(16-20)21-8-4-5-9-23(21)29-24/h1-16,27-28H/i1D,6D,7D. The lowest BCUT2D eigenvalue weighted by Crippen LogP contribution is -2.29. The molecule has 1 aromatic heterocycles. The molecule has 0 fully saturated rings. The van der Waals surface area contributed by atoms with Crippen molar-refractivity contribution in [3.63, 3.8) is 0 Å². The van der Waals surface area contributed by atoms with E-state index in [-0.39, 0.29) is 18.1 Å². The first kappa shape index (κ1) is 14.8. The maximum atomic E-state index is 9.46. The number of thiophene rings is 1. The predicted molar refractivity (Wildman–Crippen MR) is 124 cm³/mol. The van der Waals surface area contributed by atoms with Crippen molar-refractivity contribution in [1.29, 1.82) is 0 Å². The van der Waals surface area contributed by atoms with Crippen molar-refractivity contribution in [2.45, 2.75) is 0 Å². The van der Waals surface area contributed by atoms with Crippen LogP contribution in [0.2, 0.25) is 0 Å². The Hall–Kier alpha value is -3.12. The second kappa shape index (κ2) is 7.37. The van der Waals surface area contributed by atoms with Gasteiger partial charge in [-0.15, -0.1) is 11.3 Å². The van der Waals surface area contributed by atoms with Crippen LogP contribution in [0.5, 0.6) is 0 Å². The van der Waals surface area contributed by atoms with Crippen molar-refractivity contribution in [1.82, 2.24) is 0 Å². The zero-order valence-corrected chi connectivity index (χ0v) is 16.1. The topological polar surface area (TPSA) is 43.7 Å². The molecule has 0 radical (unpaired) electrons. The van der Waals surface area contributed by atoms with Crippen LogP contribution in [0.25, 0.3) is 20.2 Å². The van der Waals surface area contributed by atoms with E-state index in [1.807, 2.05) is 29.2 Å². The predicted octanol–water partition coefficient (Wildman–Crippen LogP) is 5.20. The molecule has 2 N–H and O–H groups in total. The van der Waals surface area contributed by atoms with Crippen LogP contribution in [0, 0.1) is 0 Å². The molecule has 0 amide bonds. The summed E-state index contributed by atoms with van der Waals surface area (Å²) in [5.41, 5.74) is 2.16. The molecular formula is C24H18BNO2S. The second-order valence-corrected chi connectivity index (χ2v) is 7.76. The molecule has 140 valence electrons. The van der Waals surface area contributed by atoms with E-state index in [2.05, 4.69) is 18.2 Å². The SMILES string of the molecule is [2H]c1cc([2H])c(N(c2ccc(B(O)O)cc2)c2ccc3sc4ccccc4c3c2)c([2H])c1. The van der Waals surface area contributed by atoms with Crippen LogP contribution in [0.1, 0.15) is 4.11 Å². The summed E-state index contributed by atoms with van der Waals surface area (Å²) < 4.78 is 27.2. The van der Waals surface area contributed by atoms with E-state index < -0.39 is 7.12 Å².